The molecule has 7 rings (SSSR count). The Hall–Kier alpha value is -4.25. The minimum Gasteiger partial charge on any atom is -0.489 e. The van der Waals surface area contributed by atoms with Gasteiger partial charge in [-0.15, -0.1) is 0 Å². The molecule has 4 N–H and O–H groups in total. The first-order chi connectivity index (χ1) is 24.6. The first kappa shape index (κ1) is 36.5. The summed E-state index contributed by atoms with van der Waals surface area (Å²) >= 11 is 1.91. The number of carbonyl (C=O) groups excluding carboxylic acids is 3. The van der Waals surface area contributed by atoms with Gasteiger partial charge in [0.2, 0.25) is 21.8 Å². The molecule has 14 nitrogen and oxygen atoms in total. The van der Waals surface area contributed by atoms with E-state index >= 15 is 0 Å². The number of thioether (sulfide) groups is 1. The lowest BCUT2D eigenvalue weighted by Gasteiger charge is -2.26. The monoisotopic (exact) mass is 737 g/mol. The molecule has 1 aromatic heterocycles. The van der Waals surface area contributed by atoms with E-state index in [0.29, 0.717) is 53.1 Å². The van der Waals surface area contributed by atoms with Crippen LogP contribution in [0.25, 0.3) is 11.3 Å². The number of nitrogen functional groups attached to an aromatic ring is 1. The summed E-state index contributed by atoms with van der Waals surface area (Å²) in [4.78, 5) is 48.9. The molecule has 3 aromatic rings. The lowest BCUT2D eigenvalue weighted by Crippen LogP contribution is -2.41. The van der Waals surface area contributed by atoms with Gasteiger partial charge >= 0.3 is 0 Å². The summed E-state index contributed by atoms with van der Waals surface area (Å²) in [5.41, 5.74) is 7.22. The molecule has 51 heavy (non-hydrogen) atoms. The Balaban J connectivity index is 1.15. The summed E-state index contributed by atoms with van der Waals surface area (Å²) in [6, 6.07) is 13.3. The number of nitrogens with two attached hydrogens (primary N) is 1. The average molecular weight is 738 g/mol. The van der Waals surface area contributed by atoms with Crippen LogP contribution in [0, 0.1) is 5.92 Å². The molecule has 4 aliphatic heterocycles. The van der Waals surface area contributed by atoms with Crippen molar-refractivity contribution in [2.24, 2.45) is 5.92 Å². The number of sulfonamides is 1. The molecule has 5 heterocycles. The Bertz CT molecular complexity index is 1840. The number of hydrogen-bond acceptors (Lipinski definition) is 11. The predicted molar refractivity (Wildman–Crippen MR) is 194 cm³/mol. The zero-order chi connectivity index (χ0) is 36.0. The lowest BCUT2D eigenvalue weighted by atomic mass is 9.94. The van der Waals surface area contributed by atoms with Crippen molar-refractivity contribution in [3.63, 3.8) is 0 Å². The molecule has 0 saturated carbocycles. The van der Waals surface area contributed by atoms with E-state index in [4.69, 9.17) is 15.2 Å². The quantitative estimate of drug-likeness (QED) is 0.258. The number of para-hydroxylation sites is 2. The van der Waals surface area contributed by atoms with Crippen LogP contribution in [0.2, 0.25) is 0 Å². The second-order valence-electron chi connectivity index (χ2n) is 12.8. The SMILES string of the molecule is CN1CCN(C(=O)CCCC[C@@H]2SC[C@@H]3NC(=O)C[C@@H]32)CCOCCOc2ccccc2NC(=O)c2nc(cnc2N)-c2ccc(cc2)S1(=O)=O. The van der Waals surface area contributed by atoms with Crippen molar-refractivity contribution < 1.29 is 32.3 Å². The van der Waals surface area contributed by atoms with Crippen LogP contribution in [0.1, 0.15) is 42.6 Å². The maximum Gasteiger partial charge on any atom is 0.278 e. The maximum absolute atomic E-state index is 13.5. The Kier molecular flexibility index (Phi) is 11.7. The standard InChI is InChI=1S/C35H43N7O7S2/c1-41-14-15-42(32(44)9-5-4-8-30-25-20-31(43)38-28(25)22-50-30)16-17-48-18-19-49-29-7-3-2-6-26(29)40-35(45)33-34(36)37-21-27(39-33)23-10-12-24(13-11-23)51(41,46)47/h2-3,6-7,10-13,21,25,28,30H,4-5,8-9,14-20,22H2,1H3,(H2,36,37)(H,38,43)(H,40,45)/t25-,28-,30-/m0/s1. The van der Waals surface area contributed by atoms with Crippen LogP contribution in [-0.4, -0.2) is 109 Å². The van der Waals surface area contributed by atoms with Gasteiger partial charge in [-0.3, -0.25) is 14.4 Å². The van der Waals surface area contributed by atoms with Gasteiger partial charge in [0.05, 0.1) is 35.7 Å². The molecule has 2 saturated heterocycles. The van der Waals surface area contributed by atoms with Gasteiger partial charge in [0, 0.05) is 68.0 Å². The molecule has 0 spiro atoms. The van der Waals surface area contributed by atoms with E-state index < -0.39 is 15.9 Å². The highest BCUT2D eigenvalue weighted by Crippen LogP contribution is 2.40. The van der Waals surface area contributed by atoms with Crippen molar-refractivity contribution in [3.05, 3.63) is 60.4 Å². The van der Waals surface area contributed by atoms with Gasteiger partial charge in [0.25, 0.3) is 5.91 Å². The molecular formula is C35H43N7O7S2. The van der Waals surface area contributed by atoms with Crippen molar-refractivity contribution in [2.75, 3.05) is 63.3 Å². The van der Waals surface area contributed by atoms with E-state index in [1.54, 1.807) is 41.3 Å². The Morgan fingerprint density at radius 1 is 1.04 bits per heavy atom. The van der Waals surface area contributed by atoms with E-state index in [-0.39, 0.29) is 73.7 Å². The van der Waals surface area contributed by atoms with Crippen molar-refractivity contribution in [1.29, 1.82) is 0 Å². The molecule has 3 amide bonds. The van der Waals surface area contributed by atoms with Gasteiger partial charge in [0.1, 0.15) is 12.4 Å². The minimum absolute atomic E-state index is 0.0625. The number of aromatic nitrogens is 2. The van der Waals surface area contributed by atoms with Gasteiger partial charge in [-0.05, 0) is 37.1 Å². The smallest absolute Gasteiger partial charge is 0.278 e. The molecule has 0 aliphatic carbocycles. The largest absolute Gasteiger partial charge is 0.489 e. The fraction of sp³-hybridized carbons (Fsp3) is 0.457. The summed E-state index contributed by atoms with van der Waals surface area (Å²) in [6.45, 7) is 1.18. The van der Waals surface area contributed by atoms with Crippen LogP contribution in [0.4, 0.5) is 11.5 Å². The number of fused-ring (bicyclic) bond motifs is 14. The van der Waals surface area contributed by atoms with Gasteiger partial charge in [0.15, 0.2) is 11.5 Å². The summed E-state index contributed by atoms with van der Waals surface area (Å²) in [5, 5.41) is 6.27. The van der Waals surface area contributed by atoms with E-state index in [9.17, 15) is 22.8 Å². The Morgan fingerprint density at radius 2 is 1.84 bits per heavy atom. The van der Waals surface area contributed by atoms with Gasteiger partial charge in [-0.25, -0.2) is 18.4 Å². The number of anilines is 2. The molecule has 4 aliphatic rings. The second kappa shape index (κ2) is 16.4. The van der Waals surface area contributed by atoms with Crippen molar-refractivity contribution >= 4 is 51.0 Å². The molecular weight excluding hydrogens is 695 g/mol. The Labute approximate surface area is 301 Å². The number of carbonyl (C=O) groups is 3. The third kappa shape index (κ3) is 8.80. The molecule has 2 aromatic carbocycles. The maximum atomic E-state index is 13.5. The third-order valence-corrected chi connectivity index (χ3v) is 12.9. The molecule has 3 atom stereocenters. The second-order valence-corrected chi connectivity index (χ2v) is 16.1. The summed E-state index contributed by atoms with van der Waals surface area (Å²) in [6.07, 6.45) is 4.87. The van der Waals surface area contributed by atoms with E-state index in [1.165, 1.54) is 29.7 Å². The molecule has 0 unspecified atom stereocenters. The van der Waals surface area contributed by atoms with Crippen LogP contribution >= 0.6 is 11.8 Å². The third-order valence-electron chi connectivity index (χ3n) is 9.42. The summed E-state index contributed by atoms with van der Waals surface area (Å²) in [5.74, 6) is 1.16. The van der Waals surface area contributed by atoms with Gasteiger partial charge in [-0.2, -0.15) is 16.1 Å². The number of likely N-dealkylation sites (N-methyl/N-ethyl adjacent to an activating group) is 1. The number of nitrogens with zero attached hydrogens (tertiary/aromatic N) is 4. The van der Waals surface area contributed by atoms with Crippen LogP contribution in [0.5, 0.6) is 5.75 Å². The van der Waals surface area contributed by atoms with Gasteiger partial charge < -0.3 is 30.7 Å². The van der Waals surface area contributed by atoms with Crippen molar-refractivity contribution in [3.8, 4) is 17.0 Å². The van der Waals surface area contributed by atoms with E-state index in [2.05, 4.69) is 20.6 Å². The minimum atomic E-state index is -3.89. The molecule has 0 radical (unpaired) electrons. The fourth-order valence-electron chi connectivity index (χ4n) is 6.50. The van der Waals surface area contributed by atoms with Crippen molar-refractivity contribution in [1.82, 2.24) is 24.5 Å². The van der Waals surface area contributed by atoms with Crippen LogP contribution < -0.4 is 21.1 Å². The number of amides is 3. The zero-order valence-corrected chi connectivity index (χ0v) is 30.1. The van der Waals surface area contributed by atoms with Crippen LogP contribution in [-0.2, 0) is 24.3 Å². The van der Waals surface area contributed by atoms with Crippen molar-refractivity contribution in [2.45, 2.75) is 48.3 Å². The highest BCUT2D eigenvalue weighted by atomic mass is 32.2. The normalized spacial score (nSPS) is 22.8. The zero-order valence-electron chi connectivity index (χ0n) is 28.5. The average Bonchev–Trinajstić information content (AvgIpc) is 3.68. The lowest BCUT2D eigenvalue weighted by molar-refractivity contribution is -0.132. The number of nitrogens with one attached hydrogen (secondary N) is 2. The molecule has 16 heteroatoms. The molecule has 2 fully saturated rings. The van der Waals surface area contributed by atoms with Crippen LogP contribution in [0.15, 0.2) is 59.6 Å². The number of unbranched alkanes of at least 4 members (excludes halogenated alkanes) is 1. The predicted octanol–water partition coefficient (Wildman–Crippen LogP) is 3.02. The van der Waals surface area contributed by atoms with E-state index in [1.807, 2.05) is 11.8 Å². The first-order valence-electron chi connectivity index (χ1n) is 17.1. The van der Waals surface area contributed by atoms with Crippen LogP contribution in [0.3, 0.4) is 0 Å². The Morgan fingerprint density at radius 3 is 2.67 bits per heavy atom. The van der Waals surface area contributed by atoms with E-state index in [0.717, 1.165) is 18.6 Å². The first-order valence-corrected chi connectivity index (χ1v) is 19.6. The highest BCUT2D eigenvalue weighted by Gasteiger charge is 2.42. The number of hydrogen-bond donors (Lipinski definition) is 3. The number of ether oxygens (including phenoxy) is 2. The number of rotatable bonds is 5. The summed E-state index contributed by atoms with van der Waals surface area (Å²) < 4.78 is 40.0. The number of benzene rings is 2. The molecule has 4 bridgehead atoms. The summed E-state index contributed by atoms with van der Waals surface area (Å²) in [7, 11) is -2.40. The fourth-order valence-corrected chi connectivity index (χ4v) is 9.32. The highest BCUT2D eigenvalue weighted by molar-refractivity contribution is 8.00. The molecule has 272 valence electrons. The van der Waals surface area contributed by atoms with Gasteiger partial charge in [-0.1, -0.05) is 30.7 Å². The topological polar surface area (TPSA) is 186 Å².